The summed E-state index contributed by atoms with van der Waals surface area (Å²) in [5.41, 5.74) is 8.25. The van der Waals surface area contributed by atoms with Crippen molar-refractivity contribution in [3.8, 4) is 11.5 Å². The average molecular weight is 221 g/mol. The minimum absolute atomic E-state index is 0.0877. The summed E-state index contributed by atoms with van der Waals surface area (Å²) in [6.45, 7) is 2.69. The van der Waals surface area contributed by atoms with Gasteiger partial charge in [0.25, 0.3) is 0 Å². The zero-order valence-electron chi connectivity index (χ0n) is 10.2. The molecule has 2 N–H and O–H groups in total. The van der Waals surface area contributed by atoms with E-state index in [1.807, 2.05) is 19.1 Å². The van der Waals surface area contributed by atoms with Gasteiger partial charge >= 0.3 is 0 Å². The molecule has 1 aromatic carbocycles. The molecule has 16 heavy (non-hydrogen) atoms. The SMILES string of the molecule is COc1cc(C)cc(OC)c1C1(CN)CC1. The van der Waals surface area contributed by atoms with Crippen molar-refractivity contribution >= 4 is 0 Å². The van der Waals surface area contributed by atoms with Crippen LogP contribution in [0.3, 0.4) is 0 Å². The summed E-state index contributed by atoms with van der Waals surface area (Å²) in [5, 5.41) is 0. The fourth-order valence-corrected chi connectivity index (χ4v) is 2.27. The lowest BCUT2D eigenvalue weighted by Gasteiger charge is -2.21. The second-order valence-electron chi connectivity index (χ2n) is 4.53. The van der Waals surface area contributed by atoms with Crippen molar-refractivity contribution < 1.29 is 9.47 Å². The van der Waals surface area contributed by atoms with Crippen LogP contribution in [-0.2, 0) is 5.41 Å². The number of hydrogen-bond acceptors (Lipinski definition) is 3. The quantitative estimate of drug-likeness (QED) is 0.845. The van der Waals surface area contributed by atoms with E-state index in [1.165, 1.54) is 0 Å². The van der Waals surface area contributed by atoms with E-state index in [4.69, 9.17) is 15.2 Å². The zero-order valence-corrected chi connectivity index (χ0v) is 10.2. The van der Waals surface area contributed by atoms with Gasteiger partial charge in [0.05, 0.1) is 14.2 Å². The molecule has 0 saturated heterocycles. The van der Waals surface area contributed by atoms with Crippen molar-refractivity contribution in [3.05, 3.63) is 23.3 Å². The number of aryl methyl sites for hydroxylation is 1. The highest BCUT2D eigenvalue weighted by Crippen LogP contribution is 2.54. The van der Waals surface area contributed by atoms with Crippen molar-refractivity contribution in [3.63, 3.8) is 0 Å². The lowest BCUT2D eigenvalue weighted by molar-refractivity contribution is 0.376. The molecule has 0 bridgehead atoms. The van der Waals surface area contributed by atoms with Crippen molar-refractivity contribution in [2.24, 2.45) is 5.73 Å². The van der Waals surface area contributed by atoms with Crippen molar-refractivity contribution in [2.75, 3.05) is 20.8 Å². The number of nitrogens with two attached hydrogens (primary N) is 1. The fourth-order valence-electron chi connectivity index (χ4n) is 2.27. The summed E-state index contributed by atoms with van der Waals surface area (Å²) in [4.78, 5) is 0. The van der Waals surface area contributed by atoms with Crippen LogP contribution >= 0.6 is 0 Å². The van der Waals surface area contributed by atoms with Gasteiger partial charge < -0.3 is 15.2 Å². The Morgan fingerprint density at radius 1 is 1.19 bits per heavy atom. The van der Waals surface area contributed by atoms with Gasteiger partial charge in [0.2, 0.25) is 0 Å². The van der Waals surface area contributed by atoms with Gasteiger partial charge in [-0.15, -0.1) is 0 Å². The third kappa shape index (κ3) is 1.65. The molecule has 1 aromatic rings. The van der Waals surface area contributed by atoms with Gasteiger partial charge in [-0.2, -0.15) is 0 Å². The standard InChI is InChI=1S/C13H19NO2/c1-9-6-10(15-2)12(11(7-9)16-3)13(8-14)4-5-13/h6-7H,4-5,8,14H2,1-3H3. The largest absolute Gasteiger partial charge is 0.496 e. The Bertz CT molecular complexity index is 372. The lowest BCUT2D eigenvalue weighted by Crippen LogP contribution is -2.21. The Morgan fingerprint density at radius 3 is 2.00 bits per heavy atom. The van der Waals surface area contributed by atoms with E-state index >= 15 is 0 Å². The first-order valence-electron chi connectivity index (χ1n) is 5.60. The maximum atomic E-state index is 5.87. The molecule has 0 spiro atoms. The average Bonchev–Trinajstić information content (AvgIpc) is 3.08. The highest BCUT2D eigenvalue weighted by Gasteiger charge is 2.47. The normalized spacial score (nSPS) is 17.0. The zero-order chi connectivity index (χ0) is 11.8. The van der Waals surface area contributed by atoms with Gasteiger partial charge in [0.15, 0.2) is 0 Å². The van der Waals surface area contributed by atoms with Crippen molar-refractivity contribution in [1.82, 2.24) is 0 Å². The Hall–Kier alpha value is -1.22. The van der Waals surface area contributed by atoms with Crippen molar-refractivity contribution in [1.29, 1.82) is 0 Å². The third-order valence-electron chi connectivity index (χ3n) is 3.42. The van der Waals surface area contributed by atoms with E-state index < -0.39 is 0 Å². The van der Waals surface area contributed by atoms with Crippen LogP contribution in [0.2, 0.25) is 0 Å². The molecule has 2 rings (SSSR count). The Morgan fingerprint density at radius 2 is 1.69 bits per heavy atom. The van der Waals surface area contributed by atoms with Gasteiger partial charge in [0.1, 0.15) is 11.5 Å². The van der Waals surface area contributed by atoms with Crippen LogP contribution in [0.1, 0.15) is 24.0 Å². The number of benzene rings is 1. The molecule has 1 fully saturated rings. The summed E-state index contributed by atoms with van der Waals surface area (Å²) >= 11 is 0. The molecule has 1 saturated carbocycles. The van der Waals surface area contributed by atoms with E-state index in [0.717, 1.165) is 35.5 Å². The van der Waals surface area contributed by atoms with Gasteiger partial charge in [-0.1, -0.05) is 0 Å². The Labute approximate surface area is 96.5 Å². The number of methoxy groups -OCH3 is 2. The molecule has 1 aliphatic rings. The topological polar surface area (TPSA) is 44.5 Å². The molecule has 1 aliphatic carbocycles. The number of rotatable bonds is 4. The van der Waals surface area contributed by atoms with E-state index in [9.17, 15) is 0 Å². The molecule has 0 unspecified atom stereocenters. The van der Waals surface area contributed by atoms with E-state index in [-0.39, 0.29) is 5.41 Å². The Balaban J connectivity index is 2.56. The molecule has 0 heterocycles. The Kier molecular flexibility index (Phi) is 2.80. The highest BCUT2D eigenvalue weighted by atomic mass is 16.5. The van der Waals surface area contributed by atoms with Crippen LogP contribution in [0.4, 0.5) is 0 Å². The molecular formula is C13H19NO2. The van der Waals surface area contributed by atoms with Crippen LogP contribution in [0, 0.1) is 6.92 Å². The minimum Gasteiger partial charge on any atom is -0.496 e. The summed E-state index contributed by atoms with van der Waals surface area (Å²) in [7, 11) is 3.40. The van der Waals surface area contributed by atoms with Crippen molar-refractivity contribution in [2.45, 2.75) is 25.2 Å². The first-order valence-corrected chi connectivity index (χ1v) is 5.60. The lowest BCUT2D eigenvalue weighted by atomic mass is 9.93. The summed E-state index contributed by atoms with van der Waals surface area (Å²) in [5.74, 6) is 1.81. The van der Waals surface area contributed by atoms with Crippen LogP contribution in [0.15, 0.2) is 12.1 Å². The van der Waals surface area contributed by atoms with Crippen LogP contribution < -0.4 is 15.2 Å². The second-order valence-corrected chi connectivity index (χ2v) is 4.53. The van der Waals surface area contributed by atoms with Gasteiger partial charge in [-0.25, -0.2) is 0 Å². The molecule has 0 aliphatic heterocycles. The summed E-state index contributed by atoms with van der Waals surface area (Å²) in [6.07, 6.45) is 2.25. The van der Waals surface area contributed by atoms with E-state index in [1.54, 1.807) is 14.2 Å². The molecule has 88 valence electrons. The fraction of sp³-hybridized carbons (Fsp3) is 0.538. The van der Waals surface area contributed by atoms with Crippen LogP contribution in [0.5, 0.6) is 11.5 Å². The second kappa shape index (κ2) is 3.98. The minimum atomic E-state index is 0.0877. The smallest absolute Gasteiger partial charge is 0.126 e. The highest BCUT2D eigenvalue weighted by molar-refractivity contribution is 5.54. The number of ether oxygens (including phenoxy) is 2. The molecule has 3 heteroatoms. The third-order valence-corrected chi connectivity index (χ3v) is 3.42. The molecule has 0 aromatic heterocycles. The predicted molar refractivity (Wildman–Crippen MR) is 64.2 cm³/mol. The molecule has 3 nitrogen and oxygen atoms in total. The predicted octanol–water partition coefficient (Wildman–Crippen LogP) is 2.00. The maximum absolute atomic E-state index is 5.87. The molecular weight excluding hydrogens is 202 g/mol. The molecule has 0 atom stereocenters. The molecule has 0 radical (unpaired) electrons. The van der Waals surface area contributed by atoms with Gasteiger partial charge in [-0.05, 0) is 37.5 Å². The van der Waals surface area contributed by atoms with Gasteiger partial charge in [0, 0.05) is 17.5 Å². The molecule has 0 amide bonds. The summed E-state index contributed by atoms with van der Waals surface area (Å²) in [6, 6.07) is 4.10. The number of hydrogen-bond donors (Lipinski definition) is 1. The van der Waals surface area contributed by atoms with E-state index in [2.05, 4.69) is 0 Å². The maximum Gasteiger partial charge on any atom is 0.126 e. The summed E-state index contributed by atoms with van der Waals surface area (Å²) < 4.78 is 10.9. The van der Waals surface area contributed by atoms with Gasteiger partial charge in [-0.3, -0.25) is 0 Å². The monoisotopic (exact) mass is 221 g/mol. The van der Waals surface area contributed by atoms with Crippen LogP contribution in [0.25, 0.3) is 0 Å². The van der Waals surface area contributed by atoms with E-state index in [0.29, 0.717) is 6.54 Å². The first kappa shape index (κ1) is 11.3. The first-order chi connectivity index (χ1) is 7.66. The van der Waals surface area contributed by atoms with Crippen LogP contribution in [-0.4, -0.2) is 20.8 Å².